The van der Waals surface area contributed by atoms with Gasteiger partial charge in [0.2, 0.25) is 0 Å². The summed E-state index contributed by atoms with van der Waals surface area (Å²) in [6.45, 7) is 7.22. The van der Waals surface area contributed by atoms with Crippen LogP contribution in [0, 0.1) is 0 Å². The van der Waals surface area contributed by atoms with Crippen LogP contribution < -0.4 is 0 Å². The first-order valence-electron chi connectivity index (χ1n) is 6.09. The van der Waals surface area contributed by atoms with E-state index >= 15 is 0 Å². The van der Waals surface area contributed by atoms with E-state index < -0.39 is 0 Å². The molecule has 1 aliphatic heterocycles. The Hall–Kier alpha value is -0.0800. The molecule has 0 aliphatic carbocycles. The Balaban J connectivity index is 2.46. The Bertz CT molecular complexity index is 152. The molecule has 1 heterocycles. The lowest BCUT2D eigenvalue weighted by Gasteiger charge is -2.40. The smallest absolute Gasteiger partial charge is 0.0217 e. The van der Waals surface area contributed by atoms with Crippen molar-refractivity contribution in [3.63, 3.8) is 0 Å². The fourth-order valence-corrected chi connectivity index (χ4v) is 2.54. The van der Waals surface area contributed by atoms with Gasteiger partial charge in [0.05, 0.1) is 0 Å². The highest BCUT2D eigenvalue weighted by Crippen LogP contribution is 2.18. The molecule has 0 aromatic heterocycles. The van der Waals surface area contributed by atoms with Gasteiger partial charge in [0.1, 0.15) is 0 Å². The number of rotatable bonds is 4. The van der Waals surface area contributed by atoms with Gasteiger partial charge in [0.15, 0.2) is 0 Å². The van der Waals surface area contributed by atoms with Gasteiger partial charge >= 0.3 is 0 Å². The predicted molar refractivity (Wildman–Crippen MR) is 62.7 cm³/mol. The molecule has 1 fully saturated rings. The third-order valence-corrected chi connectivity index (χ3v) is 3.62. The molecule has 1 aliphatic rings. The number of likely N-dealkylation sites (N-methyl/N-ethyl adjacent to an activating group) is 1. The molecule has 0 bridgehead atoms. The van der Waals surface area contributed by atoms with E-state index in [1.807, 2.05) is 0 Å². The zero-order valence-corrected chi connectivity index (χ0v) is 10.3. The van der Waals surface area contributed by atoms with Gasteiger partial charge in [-0.05, 0) is 46.3 Å². The van der Waals surface area contributed by atoms with Crippen molar-refractivity contribution in [3.05, 3.63) is 0 Å². The van der Waals surface area contributed by atoms with Gasteiger partial charge in [-0.2, -0.15) is 0 Å². The highest BCUT2D eigenvalue weighted by Gasteiger charge is 2.24. The fourth-order valence-electron chi connectivity index (χ4n) is 2.54. The lowest BCUT2D eigenvalue weighted by molar-refractivity contribution is 0.0919. The summed E-state index contributed by atoms with van der Waals surface area (Å²) in [6.07, 6.45) is 5.36. The topological polar surface area (TPSA) is 6.48 Å². The number of hydrogen-bond acceptors (Lipinski definition) is 2. The Morgan fingerprint density at radius 1 is 1.29 bits per heavy atom. The van der Waals surface area contributed by atoms with Crippen molar-refractivity contribution in [2.75, 3.05) is 27.2 Å². The standard InChI is InChI=1S/C12H26N2/c1-5-11(6-2)14-9-7-8-12(10-14)13(3)4/h11-12H,5-10H2,1-4H3. The van der Waals surface area contributed by atoms with E-state index in [1.54, 1.807) is 0 Å². The summed E-state index contributed by atoms with van der Waals surface area (Å²) >= 11 is 0. The number of likely N-dealkylation sites (tertiary alicyclic amines) is 1. The minimum atomic E-state index is 0.782. The molecule has 14 heavy (non-hydrogen) atoms. The number of piperidine rings is 1. The van der Waals surface area contributed by atoms with Gasteiger partial charge in [0, 0.05) is 18.6 Å². The Morgan fingerprint density at radius 3 is 2.43 bits per heavy atom. The maximum atomic E-state index is 2.69. The summed E-state index contributed by atoms with van der Waals surface area (Å²) in [5.74, 6) is 0. The molecule has 2 nitrogen and oxygen atoms in total. The van der Waals surface area contributed by atoms with Crippen LogP contribution in [0.15, 0.2) is 0 Å². The van der Waals surface area contributed by atoms with E-state index in [1.165, 1.54) is 38.8 Å². The fraction of sp³-hybridized carbons (Fsp3) is 1.00. The Morgan fingerprint density at radius 2 is 1.93 bits per heavy atom. The summed E-state index contributed by atoms with van der Waals surface area (Å²) in [5, 5.41) is 0. The zero-order valence-electron chi connectivity index (χ0n) is 10.3. The molecule has 0 N–H and O–H groups in total. The maximum absolute atomic E-state index is 2.69. The predicted octanol–water partition coefficient (Wildman–Crippen LogP) is 2.20. The van der Waals surface area contributed by atoms with Crippen LogP contribution in [0.5, 0.6) is 0 Å². The zero-order chi connectivity index (χ0) is 10.6. The van der Waals surface area contributed by atoms with Crippen LogP contribution in [0.3, 0.4) is 0 Å². The van der Waals surface area contributed by atoms with Gasteiger partial charge in [-0.1, -0.05) is 13.8 Å². The average molecular weight is 198 g/mol. The highest BCUT2D eigenvalue weighted by molar-refractivity contribution is 4.81. The Labute approximate surface area is 89.3 Å². The quantitative estimate of drug-likeness (QED) is 0.683. The van der Waals surface area contributed by atoms with Crippen molar-refractivity contribution < 1.29 is 0 Å². The molecule has 0 saturated carbocycles. The minimum absolute atomic E-state index is 0.782. The van der Waals surface area contributed by atoms with E-state index in [9.17, 15) is 0 Å². The van der Waals surface area contributed by atoms with Gasteiger partial charge in [0.25, 0.3) is 0 Å². The van der Waals surface area contributed by atoms with Crippen LogP contribution >= 0.6 is 0 Å². The number of nitrogens with zero attached hydrogens (tertiary/aromatic N) is 2. The molecule has 0 radical (unpaired) electrons. The van der Waals surface area contributed by atoms with Crippen LogP contribution in [-0.2, 0) is 0 Å². The minimum Gasteiger partial charge on any atom is -0.305 e. The van der Waals surface area contributed by atoms with Gasteiger partial charge in [-0.3, -0.25) is 4.90 Å². The van der Waals surface area contributed by atoms with E-state index in [0.29, 0.717) is 0 Å². The monoisotopic (exact) mass is 198 g/mol. The molecule has 0 amide bonds. The summed E-state index contributed by atoms with van der Waals surface area (Å²) < 4.78 is 0. The molecule has 1 atom stereocenters. The maximum Gasteiger partial charge on any atom is 0.0217 e. The molecule has 0 spiro atoms. The second-order valence-corrected chi connectivity index (χ2v) is 4.72. The Kier molecular flexibility index (Phi) is 4.90. The van der Waals surface area contributed by atoms with Crippen molar-refractivity contribution in [1.29, 1.82) is 0 Å². The average Bonchev–Trinajstić information content (AvgIpc) is 2.20. The van der Waals surface area contributed by atoms with Crippen molar-refractivity contribution >= 4 is 0 Å². The second kappa shape index (κ2) is 5.72. The summed E-state index contributed by atoms with van der Waals surface area (Å²) in [6, 6.07) is 1.60. The van der Waals surface area contributed by atoms with E-state index in [-0.39, 0.29) is 0 Å². The first-order valence-corrected chi connectivity index (χ1v) is 6.09. The second-order valence-electron chi connectivity index (χ2n) is 4.72. The molecule has 2 heteroatoms. The summed E-state index contributed by atoms with van der Waals surface area (Å²) in [7, 11) is 4.42. The molecular weight excluding hydrogens is 172 g/mol. The third kappa shape index (κ3) is 2.96. The first kappa shape index (κ1) is 12.0. The number of hydrogen-bond donors (Lipinski definition) is 0. The molecule has 84 valence electrons. The molecule has 1 unspecified atom stereocenters. The molecule has 1 saturated heterocycles. The van der Waals surface area contributed by atoms with Crippen LogP contribution in [-0.4, -0.2) is 49.1 Å². The normalized spacial score (nSPS) is 24.9. The van der Waals surface area contributed by atoms with Crippen molar-refractivity contribution in [2.45, 2.75) is 51.6 Å². The van der Waals surface area contributed by atoms with Crippen molar-refractivity contribution in [2.24, 2.45) is 0 Å². The third-order valence-electron chi connectivity index (χ3n) is 3.62. The van der Waals surface area contributed by atoms with E-state index in [0.717, 1.165) is 12.1 Å². The van der Waals surface area contributed by atoms with Crippen LogP contribution in [0.4, 0.5) is 0 Å². The van der Waals surface area contributed by atoms with Gasteiger partial charge < -0.3 is 4.90 Å². The van der Waals surface area contributed by atoms with Crippen LogP contribution in [0.25, 0.3) is 0 Å². The van der Waals surface area contributed by atoms with E-state index in [4.69, 9.17) is 0 Å². The van der Waals surface area contributed by atoms with Crippen LogP contribution in [0.1, 0.15) is 39.5 Å². The molecular formula is C12H26N2. The van der Waals surface area contributed by atoms with Gasteiger partial charge in [-0.15, -0.1) is 0 Å². The van der Waals surface area contributed by atoms with Crippen molar-refractivity contribution in [3.8, 4) is 0 Å². The highest BCUT2D eigenvalue weighted by atomic mass is 15.2. The van der Waals surface area contributed by atoms with Crippen molar-refractivity contribution in [1.82, 2.24) is 9.80 Å². The summed E-state index contributed by atoms with van der Waals surface area (Å²) in [4.78, 5) is 5.07. The molecule has 0 aromatic carbocycles. The lowest BCUT2D eigenvalue weighted by atomic mass is 10.0. The summed E-state index contributed by atoms with van der Waals surface area (Å²) in [5.41, 5.74) is 0. The van der Waals surface area contributed by atoms with E-state index in [2.05, 4.69) is 37.7 Å². The first-order chi connectivity index (χ1) is 6.69. The van der Waals surface area contributed by atoms with Crippen LogP contribution in [0.2, 0.25) is 0 Å². The lowest BCUT2D eigenvalue weighted by Crippen LogP contribution is -2.48. The largest absolute Gasteiger partial charge is 0.305 e. The molecule has 0 aromatic rings. The molecule has 1 rings (SSSR count). The van der Waals surface area contributed by atoms with Gasteiger partial charge in [-0.25, -0.2) is 0 Å². The SMILES string of the molecule is CCC(CC)N1CCCC(N(C)C)C1.